The monoisotopic (exact) mass is 369 g/mol. The molecule has 0 atom stereocenters. The Morgan fingerprint density at radius 1 is 0.727 bits per heavy atom. The van der Waals surface area contributed by atoms with Gasteiger partial charge in [0.15, 0.2) is 0 Å². The van der Waals surface area contributed by atoms with Gasteiger partial charge in [-0.25, -0.2) is 0 Å². The van der Waals surface area contributed by atoms with Crippen LogP contribution in [0.3, 0.4) is 0 Å². The zero-order valence-electron chi connectivity index (χ0n) is 6.20. The Hall–Kier alpha value is 2.27. The summed E-state index contributed by atoms with van der Waals surface area (Å²) in [6, 6.07) is 0. The van der Waals surface area contributed by atoms with Crippen molar-refractivity contribution in [2.45, 2.75) is 0 Å². The molecule has 0 fully saturated rings. The van der Waals surface area contributed by atoms with Crippen LogP contribution in [0.4, 0.5) is 0 Å². The van der Waals surface area contributed by atoms with Crippen LogP contribution in [-0.4, -0.2) is 0 Å². The first-order chi connectivity index (χ1) is 3.72. The first kappa shape index (κ1) is 23.2. The Kier molecular flexibility index (Phi) is 31.2. The van der Waals surface area contributed by atoms with Gasteiger partial charge >= 0.3 is 0 Å². The molecule has 0 nitrogen and oxygen atoms in total. The van der Waals surface area contributed by atoms with E-state index in [-0.39, 0.29) is 98.1 Å². The van der Waals surface area contributed by atoms with Crippen LogP contribution < -0.4 is 0 Å². The number of hydrogen-bond acceptors (Lipinski definition) is 0. The van der Waals surface area contributed by atoms with Gasteiger partial charge in [-0.1, -0.05) is 0 Å². The molecule has 0 aliphatic rings. The molecule has 0 saturated heterocycles. The maximum absolute atomic E-state index is 5.19. The Labute approximate surface area is 145 Å². The second-order valence-electron chi connectivity index (χ2n) is 1.24. The van der Waals surface area contributed by atoms with Crippen molar-refractivity contribution in [1.82, 2.24) is 0 Å². The summed E-state index contributed by atoms with van der Waals surface area (Å²) in [4.78, 5) is 0. The van der Waals surface area contributed by atoms with E-state index < -0.39 is 0 Å². The van der Waals surface area contributed by atoms with Crippen LogP contribution in [0.15, 0.2) is 23.3 Å². The van der Waals surface area contributed by atoms with Crippen molar-refractivity contribution in [2.75, 3.05) is 0 Å². The minimum Gasteiger partial charge on any atom is -0.373 e. The maximum Gasteiger partial charge on any atom is 0 e. The molecule has 0 rings (SSSR count). The van der Waals surface area contributed by atoms with E-state index in [1.165, 1.54) is 12.2 Å². The molecule has 0 heterocycles. The molecule has 0 saturated carbocycles. The van der Waals surface area contributed by atoms with Crippen molar-refractivity contribution in [3.63, 3.8) is 0 Å². The van der Waals surface area contributed by atoms with Gasteiger partial charge in [-0.15, -0.1) is 0 Å². The van der Waals surface area contributed by atoms with Crippen LogP contribution in [0.1, 0.15) is 0 Å². The molecule has 51 valence electrons. The van der Waals surface area contributed by atoms with Gasteiger partial charge in [0.2, 0.25) is 0 Å². The summed E-state index contributed by atoms with van der Waals surface area (Å²) in [6.45, 7) is 20.3. The Bertz CT molecular complexity index is 129. The van der Waals surface area contributed by atoms with E-state index in [0.29, 0.717) is 11.1 Å². The molecule has 0 aliphatic heterocycles. The van der Waals surface area contributed by atoms with Crippen molar-refractivity contribution >= 4 is 0 Å². The van der Waals surface area contributed by atoms with E-state index in [2.05, 4.69) is 0 Å². The Balaban J connectivity index is -0.0000000817. The summed E-state index contributed by atoms with van der Waals surface area (Å²) < 4.78 is 0. The fourth-order valence-corrected chi connectivity index (χ4v) is 0.192. The summed E-state index contributed by atoms with van der Waals surface area (Å²) in [5, 5.41) is 0. The van der Waals surface area contributed by atoms with E-state index in [9.17, 15) is 0 Å². The third-order valence-electron chi connectivity index (χ3n) is 0.692. The molecule has 3 radical (unpaired) electrons. The Morgan fingerprint density at radius 2 is 0.909 bits per heavy atom. The van der Waals surface area contributed by atoms with E-state index in [1.54, 1.807) is 0 Å². The quantitative estimate of drug-likeness (QED) is 0.525. The van der Waals surface area contributed by atoms with Gasteiger partial charge in [-0.3, -0.25) is 6.58 Å². The van der Waals surface area contributed by atoms with Crippen LogP contribution in [0.25, 0.3) is 0 Å². The van der Waals surface area contributed by atoms with E-state index >= 15 is 0 Å². The van der Waals surface area contributed by atoms with E-state index in [1.807, 2.05) is 0 Å². The van der Waals surface area contributed by atoms with Crippen molar-refractivity contribution in [3.05, 3.63) is 49.6 Å². The van der Waals surface area contributed by atoms with Gasteiger partial charge < -0.3 is 43.0 Å². The fraction of sp³-hybridized carbons (Fsp3) is 0. The zero-order valence-corrected chi connectivity index (χ0v) is 14.7. The number of hydrogen-bond donors (Lipinski definition) is 0. The van der Waals surface area contributed by atoms with Gasteiger partial charge in [0.25, 0.3) is 0 Å². The predicted molar refractivity (Wildman–Crippen MR) is 33.4 cm³/mol. The smallest absolute Gasteiger partial charge is 0 e. The largest absolute Gasteiger partial charge is 0.373 e. The summed E-state index contributed by atoms with van der Waals surface area (Å²) in [5.41, 5.74) is 0.597. The van der Waals surface area contributed by atoms with Crippen LogP contribution in [0, 0.1) is 26.3 Å². The average molecular weight is 369 g/mol. The van der Waals surface area contributed by atoms with E-state index in [4.69, 9.17) is 26.3 Å². The Morgan fingerprint density at radius 3 is 1.00 bits per heavy atom. The summed E-state index contributed by atoms with van der Waals surface area (Å²) in [7, 11) is 0. The molecular formula is C8H6Y3-4. The average Bonchev–Trinajstić information content (AvgIpc) is 1.84. The third-order valence-corrected chi connectivity index (χ3v) is 0.692. The second-order valence-corrected chi connectivity index (χ2v) is 1.24. The van der Waals surface area contributed by atoms with Crippen LogP contribution in [0.2, 0.25) is 0 Å². The van der Waals surface area contributed by atoms with Crippen molar-refractivity contribution in [3.8, 4) is 0 Å². The molecule has 0 aromatic heterocycles. The van der Waals surface area contributed by atoms with Crippen LogP contribution in [0.5, 0.6) is 0 Å². The van der Waals surface area contributed by atoms with Crippen molar-refractivity contribution < 1.29 is 98.1 Å². The first-order valence-corrected chi connectivity index (χ1v) is 2.07. The van der Waals surface area contributed by atoms with Crippen LogP contribution in [-0.2, 0) is 98.1 Å². The SMILES string of the molecule is [CH-]=CC(=[CH-])C(=[CH-])C=[CH-].[Y].[Y].[Y]. The standard InChI is InChI=1S/C8H6.3Y/c1-5-7(3)8(4)6-2;;;/h1-6H;;;/q-4;;;. The maximum atomic E-state index is 5.19. The van der Waals surface area contributed by atoms with Gasteiger partial charge in [-0.05, 0) is 0 Å². The third kappa shape index (κ3) is 12.3. The van der Waals surface area contributed by atoms with Gasteiger partial charge in [0.1, 0.15) is 0 Å². The zero-order chi connectivity index (χ0) is 6.57. The molecule has 3 heteroatoms. The molecule has 0 aliphatic carbocycles. The molecule has 0 amide bonds. The fourth-order valence-electron chi connectivity index (χ4n) is 0.192. The van der Waals surface area contributed by atoms with Crippen molar-refractivity contribution in [2.24, 2.45) is 0 Å². The molecule has 0 N–H and O–H groups in total. The van der Waals surface area contributed by atoms with Crippen molar-refractivity contribution in [1.29, 1.82) is 0 Å². The normalized spacial score (nSPS) is 5.45. The predicted octanol–water partition coefficient (Wildman–Crippen LogP) is 1.68. The summed E-state index contributed by atoms with van der Waals surface area (Å²) >= 11 is 0. The molecule has 11 heavy (non-hydrogen) atoms. The van der Waals surface area contributed by atoms with Gasteiger partial charge in [0.05, 0.1) is 0 Å². The second kappa shape index (κ2) is 14.8. The topological polar surface area (TPSA) is 0 Å². The molecule has 0 aromatic carbocycles. The molecule has 0 unspecified atom stereocenters. The summed E-state index contributed by atoms with van der Waals surface area (Å²) in [6.07, 6.45) is 2.39. The molecule has 0 bridgehead atoms. The first-order valence-electron chi connectivity index (χ1n) is 2.07. The van der Waals surface area contributed by atoms with E-state index in [0.717, 1.165) is 0 Å². The van der Waals surface area contributed by atoms with Gasteiger partial charge in [-0.2, -0.15) is 0 Å². The molecular weight excluding hydrogens is 363 g/mol. The van der Waals surface area contributed by atoms with Crippen LogP contribution >= 0.6 is 0 Å². The number of rotatable bonds is 3. The minimum absolute atomic E-state index is 0. The van der Waals surface area contributed by atoms with Gasteiger partial charge in [0, 0.05) is 98.1 Å². The molecule has 0 spiro atoms. The number of allylic oxidation sites excluding steroid dienone is 4. The summed E-state index contributed by atoms with van der Waals surface area (Å²) in [5.74, 6) is 0. The molecule has 0 aromatic rings. The minimum atomic E-state index is 0.